The summed E-state index contributed by atoms with van der Waals surface area (Å²) in [4.78, 5) is 24.5. The first-order valence-corrected chi connectivity index (χ1v) is 9.11. The van der Waals surface area contributed by atoms with Crippen LogP contribution in [0.2, 0.25) is 0 Å². The fourth-order valence-electron chi connectivity index (χ4n) is 3.96. The number of nitrogens with one attached hydrogen (secondary N) is 1. The van der Waals surface area contributed by atoms with E-state index in [1.165, 1.54) is 0 Å². The number of piperazine rings is 1. The maximum absolute atomic E-state index is 13.3. The number of ketones is 1. The van der Waals surface area contributed by atoms with Crippen LogP contribution in [0.3, 0.4) is 0 Å². The van der Waals surface area contributed by atoms with Gasteiger partial charge in [-0.25, -0.2) is 9.97 Å². The van der Waals surface area contributed by atoms with E-state index in [-0.39, 0.29) is 11.7 Å². The Balaban J connectivity index is 1.75. The van der Waals surface area contributed by atoms with Crippen molar-refractivity contribution in [2.45, 2.75) is 0 Å². The van der Waals surface area contributed by atoms with Crippen LogP contribution in [0.15, 0.2) is 48.5 Å². The second kappa shape index (κ2) is 6.17. The number of nitrogens with zero attached hydrogens (tertiary/aromatic N) is 3. The van der Waals surface area contributed by atoms with Crippen molar-refractivity contribution in [3.05, 3.63) is 59.7 Å². The molecule has 27 heavy (non-hydrogen) atoms. The van der Waals surface area contributed by atoms with Crippen LogP contribution in [-0.4, -0.2) is 41.9 Å². The van der Waals surface area contributed by atoms with E-state index >= 15 is 0 Å². The Hall–Kier alpha value is -3.25. The molecule has 1 fully saturated rings. The van der Waals surface area contributed by atoms with Crippen LogP contribution in [0, 0.1) is 0 Å². The van der Waals surface area contributed by atoms with Gasteiger partial charge in [0.1, 0.15) is 0 Å². The molecule has 1 aromatic heterocycles. The number of carbonyl (C=O) groups excluding carboxylic acids is 1. The lowest BCUT2D eigenvalue weighted by atomic mass is 10.0. The second-order valence-corrected chi connectivity index (χ2v) is 6.79. The van der Waals surface area contributed by atoms with Crippen molar-refractivity contribution in [1.29, 1.82) is 0 Å². The molecular formula is C21H19N5O. The van der Waals surface area contributed by atoms with Crippen molar-refractivity contribution < 1.29 is 4.79 Å². The molecule has 1 saturated heterocycles. The molecule has 0 atom stereocenters. The first-order valence-electron chi connectivity index (χ1n) is 9.11. The Morgan fingerprint density at radius 2 is 1.63 bits per heavy atom. The van der Waals surface area contributed by atoms with Crippen LogP contribution in [0.25, 0.3) is 22.5 Å². The number of hydrogen-bond donors (Lipinski definition) is 2. The zero-order valence-electron chi connectivity index (χ0n) is 14.8. The summed E-state index contributed by atoms with van der Waals surface area (Å²) in [5.41, 5.74) is 11.3. The molecule has 6 heteroatoms. The second-order valence-electron chi connectivity index (χ2n) is 6.79. The van der Waals surface area contributed by atoms with Gasteiger partial charge in [-0.2, -0.15) is 0 Å². The lowest BCUT2D eigenvalue weighted by molar-refractivity contribution is 0.104. The summed E-state index contributed by atoms with van der Waals surface area (Å²) >= 11 is 0. The number of nitrogens with two attached hydrogens (primary N) is 1. The molecule has 3 aromatic rings. The summed E-state index contributed by atoms with van der Waals surface area (Å²) in [5, 5.41) is 3.37. The molecule has 0 bridgehead atoms. The molecule has 0 saturated carbocycles. The smallest absolute Gasteiger partial charge is 0.221 e. The van der Waals surface area contributed by atoms with E-state index < -0.39 is 0 Å². The van der Waals surface area contributed by atoms with Gasteiger partial charge in [0.2, 0.25) is 5.95 Å². The Morgan fingerprint density at radius 3 is 2.41 bits per heavy atom. The topological polar surface area (TPSA) is 84.1 Å². The van der Waals surface area contributed by atoms with Gasteiger partial charge >= 0.3 is 0 Å². The highest BCUT2D eigenvalue weighted by atomic mass is 16.1. The molecule has 3 N–H and O–H groups in total. The Labute approximate surface area is 157 Å². The molecule has 134 valence electrons. The number of anilines is 2. The molecule has 0 spiro atoms. The van der Waals surface area contributed by atoms with E-state index in [0.717, 1.165) is 43.0 Å². The SMILES string of the molecule is Nc1nc(-c2ccccc2)c2c(n1)-c1c(cccc1N1CCNCC1)C2=O. The van der Waals surface area contributed by atoms with Gasteiger partial charge in [-0.1, -0.05) is 42.5 Å². The predicted octanol–water partition coefficient (Wildman–Crippen LogP) is 2.35. The van der Waals surface area contributed by atoms with Crippen molar-refractivity contribution in [3.8, 4) is 22.5 Å². The number of aromatic nitrogens is 2. The monoisotopic (exact) mass is 357 g/mol. The third-order valence-corrected chi connectivity index (χ3v) is 5.18. The number of nitrogen functional groups attached to an aromatic ring is 1. The van der Waals surface area contributed by atoms with Crippen LogP contribution in [0.1, 0.15) is 15.9 Å². The molecular weight excluding hydrogens is 338 g/mol. The minimum absolute atomic E-state index is 0.0316. The number of fused-ring (bicyclic) bond motifs is 3. The normalized spacial score (nSPS) is 15.6. The van der Waals surface area contributed by atoms with Crippen LogP contribution in [0.4, 0.5) is 11.6 Å². The maximum atomic E-state index is 13.3. The lowest BCUT2D eigenvalue weighted by Crippen LogP contribution is -2.43. The highest BCUT2D eigenvalue weighted by Crippen LogP contribution is 2.44. The average Bonchev–Trinajstić information content (AvgIpc) is 3.01. The Bertz CT molecular complexity index is 1040. The van der Waals surface area contributed by atoms with Crippen molar-refractivity contribution in [3.63, 3.8) is 0 Å². The summed E-state index contributed by atoms with van der Waals surface area (Å²) in [6.45, 7) is 3.63. The molecule has 2 aliphatic rings. The van der Waals surface area contributed by atoms with Crippen molar-refractivity contribution in [2.24, 2.45) is 0 Å². The average molecular weight is 357 g/mol. The summed E-state index contributed by atoms with van der Waals surface area (Å²) in [5.74, 6) is 0.152. The van der Waals surface area contributed by atoms with E-state index in [2.05, 4.69) is 26.3 Å². The molecule has 0 unspecified atom stereocenters. The molecule has 0 amide bonds. The Kier molecular flexibility index (Phi) is 3.65. The fraction of sp³-hybridized carbons (Fsp3) is 0.190. The van der Waals surface area contributed by atoms with Gasteiger partial charge in [0.05, 0.1) is 17.0 Å². The third-order valence-electron chi connectivity index (χ3n) is 5.18. The highest BCUT2D eigenvalue weighted by Gasteiger charge is 2.35. The van der Waals surface area contributed by atoms with E-state index in [0.29, 0.717) is 22.5 Å². The number of benzene rings is 2. The van der Waals surface area contributed by atoms with Crippen LogP contribution < -0.4 is 16.0 Å². The molecule has 5 rings (SSSR count). The van der Waals surface area contributed by atoms with Crippen molar-refractivity contribution in [1.82, 2.24) is 15.3 Å². The molecule has 6 nitrogen and oxygen atoms in total. The summed E-state index contributed by atoms with van der Waals surface area (Å²) in [7, 11) is 0. The van der Waals surface area contributed by atoms with Gasteiger partial charge in [0, 0.05) is 48.6 Å². The van der Waals surface area contributed by atoms with Crippen molar-refractivity contribution in [2.75, 3.05) is 36.8 Å². The lowest BCUT2D eigenvalue weighted by Gasteiger charge is -2.31. The van der Waals surface area contributed by atoms with Crippen molar-refractivity contribution >= 4 is 17.4 Å². The summed E-state index contributed by atoms with van der Waals surface area (Å²) in [6.07, 6.45) is 0. The minimum Gasteiger partial charge on any atom is -0.368 e. The van der Waals surface area contributed by atoms with Gasteiger partial charge in [0.15, 0.2) is 5.78 Å². The fourth-order valence-corrected chi connectivity index (χ4v) is 3.96. The molecule has 2 heterocycles. The predicted molar refractivity (Wildman–Crippen MR) is 106 cm³/mol. The number of hydrogen-bond acceptors (Lipinski definition) is 6. The van der Waals surface area contributed by atoms with Gasteiger partial charge < -0.3 is 16.0 Å². The van der Waals surface area contributed by atoms with Gasteiger partial charge in [-0.3, -0.25) is 4.79 Å². The van der Waals surface area contributed by atoms with Crippen LogP contribution in [0.5, 0.6) is 0 Å². The van der Waals surface area contributed by atoms with Gasteiger partial charge in [-0.05, 0) is 6.07 Å². The van der Waals surface area contributed by atoms with E-state index in [9.17, 15) is 4.79 Å². The zero-order valence-corrected chi connectivity index (χ0v) is 14.8. The van der Waals surface area contributed by atoms with Gasteiger partial charge in [0.25, 0.3) is 0 Å². The van der Waals surface area contributed by atoms with E-state index in [4.69, 9.17) is 5.73 Å². The number of rotatable bonds is 2. The minimum atomic E-state index is -0.0316. The highest BCUT2D eigenvalue weighted by molar-refractivity contribution is 6.25. The molecule has 2 aromatic carbocycles. The zero-order chi connectivity index (χ0) is 18.4. The molecule has 0 radical (unpaired) electrons. The quantitative estimate of drug-likeness (QED) is 0.573. The van der Waals surface area contributed by atoms with Crippen LogP contribution in [-0.2, 0) is 0 Å². The van der Waals surface area contributed by atoms with Gasteiger partial charge in [-0.15, -0.1) is 0 Å². The molecule has 1 aliphatic carbocycles. The summed E-state index contributed by atoms with van der Waals surface area (Å²) in [6, 6.07) is 15.6. The largest absolute Gasteiger partial charge is 0.368 e. The third kappa shape index (κ3) is 2.49. The van der Waals surface area contributed by atoms with E-state index in [1.54, 1.807) is 0 Å². The number of carbonyl (C=O) groups is 1. The maximum Gasteiger partial charge on any atom is 0.221 e. The molecule has 1 aliphatic heterocycles. The van der Waals surface area contributed by atoms with E-state index in [1.807, 2.05) is 42.5 Å². The first-order chi connectivity index (χ1) is 13.2. The standard InChI is InChI=1S/C21H19N5O/c22-21-24-18(13-5-2-1-3-6-13)17-19(25-21)16-14(20(17)27)7-4-8-15(16)26-11-9-23-10-12-26/h1-8,23H,9-12H2,(H2,22,24,25). The van der Waals surface area contributed by atoms with Crippen LogP contribution >= 0.6 is 0 Å². The Morgan fingerprint density at radius 1 is 0.889 bits per heavy atom. The first kappa shape index (κ1) is 16.0. The summed E-state index contributed by atoms with van der Waals surface area (Å²) < 4.78 is 0.